The van der Waals surface area contributed by atoms with Gasteiger partial charge in [-0.05, 0) is 0 Å². The van der Waals surface area contributed by atoms with Gasteiger partial charge in [-0.15, -0.1) is 0 Å². The molecule has 0 rings (SSSR count). The van der Waals surface area contributed by atoms with E-state index in [9.17, 15) is 0 Å². The first-order chi connectivity index (χ1) is 0. The van der Waals surface area contributed by atoms with Gasteiger partial charge in [-0.25, -0.2) is 0 Å². The van der Waals surface area contributed by atoms with E-state index in [2.05, 4.69) is 0 Å². The minimum absolute atomic E-state index is 0. The number of hydrogen-bond acceptors (Lipinski definition) is 0. The van der Waals surface area contributed by atoms with E-state index < -0.39 is 0 Å². The van der Waals surface area contributed by atoms with E-state index in [4.69, 9.17) is 0 Å². The fraction of sp³-hybridized carbons (Fsp3) is 0. The Morgan fingerprint density at radius 3 is 0.750 bits per heavy atom. The second kappa shape index (κ2) is 19.6. The number of rotatable bonds is 0. The van der Waals surface area contributed by atoms with Crippen LogP contribution < -0.4 is 0 Å². The van der Waals surface area contributed by atoms with Crippen LogP contribution in [0, 0.1) is 0 Å². The number of hydrogen-bond donors (Lipinski definition) is 0. The van der Waals surface area contributed by atoms with Crippen LogP contribution in [0.3, 0.4) is 0 Å². The van der Waals surface area contributed by atoms with E-state index >= 15 is 0 Å². The SMILES string of the molecule is [Ag+].[Ga+3].[S-2].[S-2]. The first kappa shape index (κ1) is 36.3. The molecule has 0 aromatic rings. The average Bonchev–Trinajstić information content (AvgIpc) is 0. The summed E-state index contributed by atoms with van der Waals surface area (Å²) >= 11 is 0. The molecule has 0 heterocycles. The third kappa shape index (κ3) is 8.95. The van der Waals surface area contributed by atoms with Gasteiger partial charge in [-0.3, -0.25) is 0 Å². The smallest absolute Gasteiger partial charge is 2.00 e. The molecule has 26 valence electrons. The molecule has 0 saturated heterocycles. The van der Waals surface area contributed by atoms with Crippen molar-refractivity contribution in [3.05, 3.63) is 0 Å². The molecule has 0 amide bonds. The summed E-state index contributed by atoms with van der Waals surface area (Å²) < 4.78 is 0. The van der Waals surface area contributed by atoms with Crippen LogP contribution in [-0.4, -0.2) is 19.8 Å². The van der Waals surface area contributed by atoms with Gasteiger partial charge in [0.1, 0.15) is 0 Å². The predicted octanol–water partition coefficient (Wildman–Crippen LogP) is -0.388. The maximum Gasteiger partial charge on any atom is 3.00 e. The minimum Gasteiger partial charge on any atom is -2.00 e. The van der Waals surface area contributed by atoms with Crippen molar-refractivity contribution >= 4 is 46.8 Å². The summed E-state index contributed by atoms with van der Waals surface area (Å²) in [7, 11) is 0. The van der Waals surface area contributed by atoms with Crippen LogP contribution in [0.2, 0.25) is 0 Å². The Morgan fingerprint density at radius 1 is 0.750 bits per heavy atom. The van der Waals surface area contributed by atoms with Gasteiger partial charge in [0.05, 0.1) is 0 Å². The van der Waals surface area contributed by atoms with E-state index in [0.29, 0.717) is 0 Å². The van der Waals surface area contributed by atoms with Gasteiger partial charge in [0.2, 0.25) is 0 Å². The molecule has 0 saturated carbocycles. The molecule has 0 atom stereocenters. The van der Waals surface area contributed by atoms with E-state index in [-0.39, 0.29) is 69.2 Å². The zero-order valence-corrected chi connectivity index (χ0v) is 7.23. The average molecular weight is 242 g/mol. The molecule has 4 heavy (non-hydrogen) atoms. The molecule has 0 aliphatic carbocycles. The maximum absolute atomic E-state index is 0. The summed E-state index contributed by atoms with van der Waals surface area (Å²) in [5.41, 5.74) is 0. The Labute approximate surface area is 68.6 Å². The van der Waals surface area contributed by atoms with Gasteiger partial charge in [0.15, 0.2) is 0 Å². The van der Waals surface area contributed by atoms with E-state index in [1.54, 1.807) is 0 Å². The van der Waals surface area contributed by atoms with Gasteiger partial charge in [-0.2, -0.15) is 0 Å². The fourth-order valence-corrected chi connectivity index (χ4v) is 0. The molecular formula is AgGaS2. The molecule has 0 unspecified atom stereocenters. The van der Waals surface area contributed by atoms with Crippen LogP contribution in [0.4, 0.5) is 0 Å². The Bertz CT molecular complexity index is 6.00. The summed E-state index contributed by atoms with van der Waals surface area (Å²) in [5.74, 6) is 0. The third-order valence-corrected chi connectivity index (χ3v) is 0. The fourth-order valence-electron chi connectivity index (χ4n) is 0. The Balaban J connectivity index is 0. The van der Waals surface area contributed by atoms with Crippen molar-refractivity contribution in [3.8, 4) is 0 Å². The summed E-state index contributed by atoms with van der Waals surface area (Å²) in [5, 5.41) is 0. The second-order valence-corrected chi connectivity index (χ2v) is 0. The van der Waals surface area contributed by atoms with Gasteiger partial charge in [0, 0.05) is 0 Å². The minimum atomic E-state index is 0. The summed E-state index contributed by atoms with van der Waals surface area (Å²) in [6.45, 7) is 0. The maximum atomic E-state index is 0. The van der Waals surface area contributed by atoms with Crippen LogP contribution >= 0.6 is 0 Å². The van der Waals surface area contributed by atoms with E-state index in [0.717, 1.165) is 0 Å². The molecule has 0 bridgehead atoms. The quantitative estimate of drug-likeness (QED) is 0.507. The van der Waals surface area contributed by atoms with Gasteiger partial charge >= 0.3 is 42.2 Å². The Hall–Kier alpha value is 2.08. The van der Waals surface area contributed by atoms with Crippen LogP contribution in [0.1, 0.15) is 0 Å². The van der Waals surface area contributed by atoms with Gasteiger partial charge < -0.3 is 27.0 Å². The third-order valence-electron chi connectivity index (χ3n) is 0. The van der Waals surface area contributed by atoms with Gasteiger partial charge in [0.25, 0.3) is 0 Å². The molecule has 0 aromatic heterocycles. The second-order valence-electron chi connectivity index (χ2n) is 0. The molecule has 0 N–H and O–H groups in total. The van der Waals surface area contributed by atoms with E-state index in [1.165, 1.54) is 0 Å². The zero-order valence-electron chi connectivity index (χ0n) is 1.70. The van der Waals surface area contributed by atoms with Crippen LogP contribution in [0.15, 0.2) is 0 Å². The molecule has 0 aromatic carbocycles. The van der Waals surface area contributed by atoms with Crippen molar-refractivity contribution < 1.29 is 22.4 Å². The Morgan fingerprint density at radius 2 is 0.750 bits per heavy atom. The van der Waals surface area contributed by atoms with Gasteiger partial charge in [-0.1, -0.05) is 0 Å². The first-order valence-corrected chi connectivity index (χ1v) is 0. The molecule has 0 radical (unpaired) electrons. The largest absolute Gasteiger partial charge is 3.00 e. The Kier molecular flexibility index (Phi) is 178. The molecule has 0 aliphatic rings. The summed E-state index contributed by atoms with van der Waals surface area (Å²) in [6.07, 6.45) is 0. The molecular weight excluding hydrogens is 242 g/mol. The van der Waals surface area contributed by atoms with Crippen LogP contribution in [-0.2, 0) is 49.4 Å². The monoisotopic (exact) mass is 240 g/mol. The normalized spacial score (nSPS) is 0. The predicted molar refractivity (Wildman–Crippen MR) is 20.5 cm³/mol. The molecule has 0 aliphatic heterocycles. The molecule has 0 spiro atoms. The topological polar surface area (TPSA) is 0 Å². The van der Waals surface area contributed by atoms with Crippen molar-refractivity contribution in [3.63, 3.8) is 0 Å². The first-order valence-electron chi connectivity index (χ1n) is 0. The standard InChI is InChI=1S/Ag.Ga.2S/q+1;+3;2*-2. The molecule has 4 heteroatoms. The zero-order chi connectivity index (χ0) is 0. The van der Waals surface area contributed by atoms with Crippen molar-refractivity contribution in [1.82, 2.24) is 0 Å². The molecule has 0 nitrogen and oxygen atoms in total. The van der Waals surface area contributed by atoms with Crippen molar-refractivity contribution in [2.75, 3.05) is 0 Å². The van der Waals surface area contributed by atoms with E-state index in [1.807, 2.05) is 0 Å². The van der Waals surface area contributed by atoms with Crippen LogP contribution in [0.25, 0.3) is 0 Å². The summed E-state index contributed by atoms with van der Waals surface area (Å²) in [4.78, 5) is 0. The van der Waals surface area contributed by atoms with Crippen LogP contribution in [0.5, 0.6) is 0 Å². The van der Waals surface area contributed by atoms with Crippen molar-refractivity contribution in [2.45, 2.75) is 0 Å². The summed E-state index contributed by atoms with van der Waals surface area (Å²) in [6, 6.07) is 0. The van der Waals surface area contributed by atoms with Crippen molar-refractivity contribution in [1.29, 1.82) is 0 Å². The molecule has 0 fully saturated rings. The van der Waals surface area contributed by atoms with Crippen molar-refractivity contribution in [2.24, 2.45) is 0 Å².